The van der Waals surface area contributed by atoms with E-state index in [1.807, 2.05) is 36.4 Å². The van der Waals surface area contributed by atoms with Crippen molar-refractivity contribution in [3.63, 3.8) is 0 Å². The van der Waals surface area contributed by atoms with Gasteiger partial charge in [0.15, 0.2) is 0 Å². The van der Waals surface area contributed by atoms with Crippen molar-refractivity contribution in [1.82, 2.24) is 5.32 Å². The number of aliphatic hydroxyl groups is 1. The van der Waals surface area contributed by atoms with E-state index in [0.29, 0.717) is 22.3 Å². The molecule has 0 aliphatic rings. The van der Waals surface area contributed by atoms with E-state index in [9.17, 15) is 5.11 Å². The fourth-order valence-electron chi connectivity index (χ4n) is 2.79. The van der Waals surface area contributed by atoms with Gasteiger partial charge < -0.3 is 15.2 Å². The highest BCUT2D eigenvalue weighted by atomic mass is 35.5. The molecule has 3 nitrogen and oxygen atoms in total. The van der Waals surface area contributed by atoms with Crippen LogP contribution in [0.15, 0.2) is 78.9 Å². The van der Waals surface area contributed by atoms with E-state index in [4.69, 9.17) is 27.9 Å². The van der Waals surface area contributed by atoms with Gasteiger partial charge in [-0.15, -0.1) is 0 Å². The summed E-state index contributed by atoms with van der Waals surface area (Å²) in [6.45, 7) is 0.539. The monoisotopic (exact) mass is 401 g/mol. The van der Waals surface area contributed by atoms with E-state index in [1.54, 1.807) is 18.2 Å². The van der Waals surface area contributed by atoms with Crippen molar-refractivity contribution in [3.8, 4) is 5.75 Å². The lowest BCUT2D eigenvalue weighted by molar-refractivity contribution is 0.105. The fraction of sp³-hybridized carbons (Fsp3) is 0.182. The number of ether oxygens (including phenoxy) is 1. The van der Waals surface area contributed by atoms with Gasteiger partial charge in [0.25, 0.3) is 0 Å². The molecular formula is C22H21Cl2NO2. The highest BCUT2D eigenvalue weighted by Crippen LogP contribution is 2.26. The molecular weight excluding hydrogens is 381 g/mol. The van der Waals surface area contributed by atoms with E-state index < -0.39 is 6.10 Å². The molecule has 3 aromatic rings. The maximum Gasteiger partial charge on any atom is 0.121 e. The van der Waals surface area contributed by atoms with Gasteiger partial charge in [-0.3, -0.25) is 0 Å². The second-order valence-corrected chi connectivity index (χ2v) is 7.02. The van der Waals surface area contributed by atoms with Crippen LogP contribution in [0.5, 0.6) is 5.75 Å². The zero-order valence-corrected chi connectivity index (χ0v) is 16.2. The Hall–Kier alpha value is -2.04. The Morgan fingerprint density at radius 1 is 0.815 bits per heavy atom. The summed E-state index contributed by atoms with van der Waals surface area (Å²) < 4.78 is 5.61. The Morgan fingerprint density at radius 3 is 1.96 bits per heavy atom. The third kappa shape index (κ3) is 5.72. The summed E-state index contributed by atoms with van der Waals surface area (Å²) >= 11 is 11.9. The molecule has 0 fully saturated rings. The first-order chi connectivity index (χ1) is 13.1. The predicted molar refractivity (Wildman–Crippen MR) is 111 cm³/mol. The third-order valence-corrected chi connectivity index (χ3v) is 4.90. The van der Waals surface area contributed by atoms with Crippen LogP contribution in [0.1, 0.15) is 17.2 Å². The summed E-state index contributed by atoms with van der Waals surface area (Å²) in [4.78, 5) is 0. The minimum atomic E-state index is -0.672. The summed E-state index contributed by atoms with van der Waals surface area (Å²) in [5.74, 6) is 0.575. The normalized spacial score (nSPS) is 12.1. The summed E-state index contributed by atoms with van der Waals surface area (Å²) in [5.41, 5.74) is 2.28. The molecule has 3 rings (SSSR count). The first kappa shape index (κ1) is 19.7. The molecule has 27 heavy (non-hydrogen) atoms. The Kier molecular flexibility index (Phi) is 7.13. The van der Waals surface area contributed by atoms with Crippen LogP contribution in [0.25, 0.3) is 0 Å². The van der Waals surface area contributed by atoms with E-state index in [2.05, 4.69) is 29.6 Å². The summed E-state index contributed by atoms with van der Waals surface area (Å²) in [7, 11) is 0. The number of benzene rings is 3. The van der Waals surface area contributed by atoms with Gasteiger partial charge in [0.05, 0.1) is 16.1 Å². The summed E-state index contributed by atoms with van der Waals surface area (Å²) in [5, 5.41) is 14.7. The maximum absolute atomic E-state index is 10.3. The number of halogens is 2. The largest absolute Gasteiger partial charge is 0.491 e. The number of aliphatic hydroxyl groups excluding tert-OH is 1. The Labute approximate surface area is 169 Å². The number of nitrogens with one attached hydrogen (secondary N) is 1. The van der Waals surface area contributed by atoms with Gasteiger partial charge in [-0.2, -0.15) is 0 Å². The molecule has 0 bridgehead atoms. The standard InChI is InChI=1S/C22H21Cl2NO2/c23-20-12-11-19(13-21(20)24)27-15-18(26)14-25-22(16-7-3-1-4-8-16)17-9-5-2-6-10-17/h1-13,18,22,25-26H,14-15H2. The van der Waals surface area contributed by atoms with Crippen molar-refractivity contribution in [3.05, 3.63) is 100 Å². The molecule has 3 aromatic carbocycles. The van der Waals surface area contributed by atoms with Crippen LogP contribution < -0.4 is 10.1 Å². The van der Waals surface area contributed by atoms with Gasteiger partial charge in [-0.1, -0.05) is 83.9 Å². The van der Waals surface area contributed by atoms with Crippen LogP contribution in [-0.2, 0) is 0 Å². The zero-order valence-electron chi connectivity index (χ0n) is 14.7. The van der Waals surface area contributed by atoms with Gasteiger partial charge in [0, 0.05) is 12.6 Å². The number of hydrogen-bond acceptors (Lipinski definition) is 3. The van der Waals surface area contributed by atoms with Crippen molar-refractivity contribution in [1.29, 1.82) is 0 Å². The van der Waals surface area contributed by atoms with Crippen LogP contribution in [0.4, 0.5) is 0 Å². The van der Waals surface area contributed by atoms with Crippen molar-refractivity contribution in [2.45, 2.75) is 12.1 Å². The van der Waals surface area contributed by atoms with Gasteiger partial charge in [-0.05, 0) is 23.3 Å². The van der Waals surface area contributed by atoms with E-state index >= 15 is 0 Å². The quantitative estimate of drug-likeness (QED) is 0.550. The Bertz CT molecular complexity index is 804. The zero-order chi connectivity index (χ0) is 19.1. The predicted octanol–water partition coefficient (Wildman–Crippen LogP) is 5.11. The molecule has 0 aliphatic carbocycles. The average Bonchev–Trinajstić information content (AvgIpc) is 2.71. The smallest absolute Gasteiger partial charge is 0.121 e. The van der Waals surface area contributed by atoms with Crippen molar-refractivity contribution >= 4 is 23.2 Å². The van der Waals surface area contributed by atoms with Crippen LogP contribution in [0.3, 0.4) is 0 Å². The molecule has 2 N–H and O–H groups in total. The number of hydrogen-bond donors (Lipinski definition) is 2. The Morgan fingerprint density at radius 2 is 1.41 bits per heavy atom. The van der Waals surface area contributed by atoms with Crippen LogP contribution in [0.2, 0.25) is 10.0 Å². The molecule has 1 atom stereocenters. The van der Waals surface area contributed by atoms with Crippen LogP contribution in [-0.4, -0.2) is 24.4 Å². The molecule has 0 amide bonds. The number of rotatable bonds is 8. The third-order valence-electron chi connectivity index (χ3n) is 4.16. The van der Waals surface area contributed by atoms with Crippen LogP contribution >= 0.6 is 23.2 Å². The highest BCUT2D eigenvalue weighted by Gasteiger charge is 2.15. The second-order valence-electron chi connectivity index (χ2n) is 6.20. The molecule has 0 radical (unpaired) electrons. The van der Waals surface area contributed by atoms with E-state index in [-0.39, 0.29) is 12.6 Å². The molecule has 5 heteroatoms. The molecule has 140 valence electrons. The molecule has 0 saturated heterocycles. The topological polar surface area (TPSA) is 41.5 Å². The maximum atomic E-state index is 10.3. The fourth-order valence-corrected chi connectivity index (χ4v) is 3.08. The van der Waals surface area contributed by atoms with Crippen LogP contribution in [0, 0.1) is 0 Å². The first-order valence-corrected chi connectivity index (χ1v) is 9.48. The Balaban J connectivity index is 1.60. The van der Waals surface area contributed by atoms with Crippen molar-refractivity contribution < 1.29 is 9.84 Å². The van der Waals surface area contributed by atoms with Gasteiger partial charge in [0.1, 0.15) is 18.5 Å². The second kappa shape index (κ2) is 9.77. The molecule has 0 saturated carbocycles. The SMILES string of the molecule is OC(CNC(c1ccccc1)c1ccccc1)COc1ccc(Cl)c(Cl)c1. The average molecular weight is 402 g/mol. The summed E-state index contributed by atoms with van der Waals surface area (Å²) in [6.07, 6.45) is -0.672. The van der Waals surface area contributed by atoms with Crippen molar-refractivity contribution in [2.75, 3.05) is 13.2 Å². The highest BCUT2D eigenvalue weighted by molar-refractivity contribution is 6.42. The lowest BCUT2D eigenvalue weighted by Gasteiger charge is -2.22. The van der Waals surface area contributed by atoms with E-state index in [0.717, 1.165) is 11.1 Å². The first-order valence-electron chi connectivity index (χ1n) is 8.72. The van der Waals surface area contributed by atoms with Gasteiger partial charge >= 0.3 is 0 Å². The molecule has 0 heterocycles. The van der Waals surface area contributed by atoms with Gasteiger partial charge in [-0.25, -0.2) is 0 Å². The molecule has 1 unspecified atom stereocenters. The molecule has 0 spiro atoms. The lowest BCUT2D eigenvalue weighted by atomic mass is 9.98. The lowest BCUT2D eigenvalue weighted by Crippen LogP contribution is -2.34. The van der Waals surface area contributed by atoms with Gasteiger partial charge in [0.2, 0.25) is 0 Å². The minimum Gasteiger partial charge on any atom is -0.491 e. The molecule has 0 aliphatic heterocycles. The molecule has 0 aromatic heterocycles. The summed E-state index contributed by atoms with van der Waals surface area (Å²) in [6, 6.07) is 25.3. The van der Waals surface area contributed by atoms with E-state index in [1.165, 1.54) is 0 Å². The van der Waals surface area contributed by atoms with Crippen molar-refractivity contribution in [2.24, 2.45) is 0 Å². The minimum absolute atomic E-state index is 0.00738.